The van der Waals surface area contributed by atoms with Gasteiger partial charge in [0.2, 0.25) is 0 Å². The Labute approximate surface area is 78.5 Å². The van der Waals surface area contributed by atoms with E-state index in [1.54, 1.807) is 0 Å². The molecule has 1 nitrogen and oxygen atoms in total. The molecule has 0 aliphatic rings. The van der Waals surface area contributed by atoms with Crippen LogP contribution < -0.4 is 5.73 Å². The second kappa shape index (κ2) is 3.57. The third kappa shape index (κ3) is 2.04. The number of alkyl halides is 3. The summed E-state index contributed by atoms with van der Waals surface area (Å²) in [5, 5.41) is 0. The lowest BCUT2D eigenvalue weighted by Crippen LogP contribution is -2.14. The average molecular weight is 207 g/mol. The molecule has 0 atom stereocenters. The molecule has 5 heteroatoms. The van der Waals surface area contributed by atoms with E-state index in [9.17, 15) is 17.6 Å². The van der Waals surface area contributed by atoms with Crippen LogP contribution in [-0.4, -0.2) is 0 Å². The van der Waals surface area contributed by atoms with Crippen molar-refractivity contribution in [1.29, 1.82) is 0 Å². The molecule has 0 heterocycles. The first-order valence-corrected chi connectivity index (χ1v) is 3.92. The van der Waals surface area contributed by atoms with Gasteiger partial charge in [0.1, 0.15) is 5.82 Å². The summed E-state index contributed by atoms with van der Waals surface area (Å²) in [5.74, 6) is -0.896. The maximum absolute atomic E-state index is 12.7. The SMILES string of the molecule is Cc1cc(F)cc(C(F)(F)F)c1CN. The Morgan fingerprint density at radius 3 is 2.29 bits per heavy atom. The van der Waals surface area contributed by atoms with E-state index in [-0.39, 0.29) is 17.7 Å². The first-order valence-electron chi connectivity index (χ1n) is 3.92. The molecular formula is C9H9F4N. The number of benzene rings is 1. The second-order valence-corrected chi connectivity index (χ2v) is 2.95. The minimum Gasteiger partial charge on any atom is -0.326 e. The normalized spacial score (nSPS) is 11.9. The molecule has 0 aliphatic heterocycles. The van der Waals surface area contributed by atoms with E-state index in [2.05, 4.69) is 0 Å². The Kier molecular flexibility index (Phi) is 2.80. The van der Waals surface area contributed by atoms with Crippen LogP contribution >= 0.6 is 0 Å². The minimum absolute atomic E-state index is 0.0566. The monoisotopic (exact) mass is 207 g/mol. The van der Waals surface area contributed by atoms with Crippen LogP contribution in [0, 0.1) is 12.7 Å². The molecule has 78 valence electrons. The Morgan fingerprint density at radius 1 is 1.29 bits per heavy atom. The summed E-state index contributed by atoms with van der Waals surface area (Å²) in [7, 11) is 0. The number of aryl methyl sites for hydroxylation is 1. The highest BCUT2D eigenvalue weighted by Gasteiger charge is 2.34. The van der Waals surface area contributed by atoms with Crippen LogP contribution in [0.1, 0.15) is 16.7 Å². The molecule has 2 N–H and O–H groups in total. The van der Waals surface area contributed by atoms with Crippen molar-refractivity contribution >= 4 is 0 Å². The van der Waals surface area contributed by atoms with E-state index < -0.39 is 17.6 Å². The third-order valence-electron chi connectivity index (χ3n) is 1.95. The van der Waals surface area contributed by atoms with Gasteiger partial charge in [-0.15, -0.1) is 0 Å². The molecule has 0 fully saturated rings. The van der Waals surface area contributed by atoms with Crippen LogP contribution in [-0.2, 0) is 12.7 Å². The fraction of sp³-hybridized carbons (Fsp3) is 0.333. The van der Waals surface area contributed by atoms with Crippen LogP contribution in [0.3, 0.4) is 0 Å². The van der Waals surface area contributed by atoms with Crippen molar-refractivity contribution in [3.05, 3.63) is 34.6 Å². The zero-order chi connectivity index (χ0) is 10.9. The largest absolute Gasteiger partial charge is 0.416 e. The highest BCUT2D eigenvalue weighted by molar-refractivity contribution is 5.36. The summed E-state index contributed by atoms with van der Waals surface area (Å²) in [4.78, 5) is 0. The van der Waals surface area contributed by atoms with Gasteiger partial charge in [-0.1, -0.05) is 0 Å². The number of rotatable bonds is 1. The van der Waals surface area contributed by atoms with Crippen LogP contribution in [0.5, 0.6) is 0 Å². The van der Waals surface area contributed by atoms with Gasteiger partial charge < -0.3 is 5.73 Å². The zero-order valence-electron chi connectivity index (χ0n) is 7.45. The van der Waals surface area contributed by atoms with E-state index in [1.165, 1.54) is 6.92 Å². The number of hydrogen-bond donors (Lipinski definition) is 1. The van der Waals surface area contributed by atoms with Gasteiger partial charge in [-0.3, -0.25) is 0 Å². The van der Waals surface area contributed by atoms with Crippen molar-refractivity contribution in [2.75, 3.05) is 0 Å². The summed E-state index contributed by atoms with van der Waals surface area (Å²) in [6.07, 6.45) is -4.55. The Morgan fingerprint density at radius 2 is 1.86 bits per heavy atom. The van der Waals surface area contributed by atoms with E-state index in [0.29, 0.717) is 6.07 Å². The molecule has 0 saturated heterocycles. The van der Waals surface area contributed by atoms with Gasteiger partial charge in [-0.05, 0) is 30.2 Å². The summed E-state index contributed by atoms with van der Waals surface area (Å²) in [6, 6.07) is 1.51. The number of halogens is 4. The van der Waals surface area contributed by atoms with Gasteiger partial charge >= 0.3 is 6.18 Å². The Hall–Kier alpha value is -1.10. The maximum atomic E-state index is 12.7. The van der Waals surface area contributed by atoms with Crippen molar-refractivity contribution in [2.24, 2.45) is 5.73 Å². The van der Waals surface area contributed by atoms with E-state index in [4.69, 9.17) is 5.73 Å². The van der Waals surface area contributed by atoms with Crippen molar-refractivity contribution in [2.45, 2.75) is 19.6 Å². The minimum atomic E-state index is -4.55. The maximum Gasteiger partial charge on any atom is 0.416 e. The molecule has 0 spiro atoms. The molecule has 0 amide bonds. The molecule has 0 saturated carbocycles. The van der Waals surface area contributed by atoms with Gasteiger partial charge in [0.05, 0.1) is 5.56 Å². The standard InChI is InChI=1S/C9H9F4N/c1-5-2-6(10)3-8(7(5)4-14)9(11,12)13/h2-3H,4,14H2,1H3. The van der Waals surface area contributed by atoms with Crippen LogP contribution in [0.15, 0.2) is 12.1 Å². The highest BCUT2D eigenvalue weighted by Crippen LogP contribution is 2.33. The van der Waals surface area contributed by atoms with Crippen LogP contribution in [0.2, 0.25) is 0 Å². The summed E-state index contributed by atoms with van der Waals surface area (Å²) in [5.41, 5.74) is 4.35. The second-order valence-electron chi connectivity index (χ2n) is 2.95. The first kappa shape index (κ1) is 11.0. The van der Waals surface area contributed by atoms with E-state index in [1.807, 2.05) is 0 Å². The number of nitrogens with two attached hydrogens (primary N) is 1. The average Bonchev–Trinajstić information content (AvgIpc) is 2.01. The molecule has 0 aliphatic carbocycles. The molecule has 0 aromatic heterocycles. The fourth-order valence-electron chi connectivity index (χ4n) is 1.30. The molecule has 0 bridgehead atoms. The molecule has 0 unspecified atom stereocenters. The molecule has 14 heavy (non-hydrogen) atoms. The quantitative estimate of drug-likeness (QED) is 0.704. The van der Waals surface area contributed by atoms with Gasteiger partial charge in [-0.2, -0.15) is 13.2 Å². The predicted octanol–water partition coefficient (Wildman–Crippen LogP) is 2.61. The summed E-state index contributed by atoms with van der Waals surface area (Å²) < 4.78 is 49.9. The number of hydrogen-bond acceptors (Lipinski definition) is 1. The molecular weight excluding hydrogens is 198 g/mol. The molecule has 1 aromatic rings. The van der Waals surface area contributed by atoms with Gasteiger partial charge in [0.15, 0.2) is 0 Å². The Bertz CT molecular complexity index is 343. The Balaban J connectivity index is 3.40. The van der Waals surface area contributed by atoms with Gasteiger partial charge in [-0.25, -0.2) is 4.39 Å². The summed E-state index contributed by atoms with van der Waals surface area (Å²) >= 11 is 0. The predicted molar refractivity (Wildman–Crippen MR) is 44.0 cm³/mol. The molecule has 1 rings (SSSR count). The molecule has 0 radical (unpaired) electrons. The van der Waals surface area contributed by atoms with Crippen molar-refractivity contribution in [3.8, 4) is 0 Å². The summed E-state index contributed by atoms with van der Waals surface area (Å²) in [6.45, 7) is 1.15. The zero-order valence-corrected chi connectivity index (χ0v) is 7.45. The lowest BCUT2D eigenvalue weighted by Gasteiger charge is -2.13. The van der Waals surface area contributed by atoms with Gasteiger partial charge in [0.25, 0.3) is 0 Å². The van der Waals surface area contributed by atoms with Gasteiger partial charge in [0, 0.05) is 6.54 Å². The van der Waals surface area contributed by atoms with Crippen molar-refractivity contribution in [3.63, 3.8) is 0 Å². The van der Waals surface area contributed by atoms with E-state index >= 15 is 0 Å². The highest BCUT2D eigenvalue weighted by atomic mass is 19.4. The van der Waals surface area contributed by atoms with Crippen LogP contribution in [0.4, 0.5) is 17.6 Å². The lowest BCUT2D eigenvalue weighted by atomic mass is 10.0. The lowest BCUT2D eigenvalue weighted by molar-refractivity contribution is -0.138. The third-order valence-corrected chi connectivity index (χ3v) is 1.95. The van der Waals surface area contributed by atoms with Crippen molar-refractivity contribution < 1.29 is 17.6 Å². The van der Waals surface area contributed by atoms with Crippen LogP contribution in [0.25, 0.3) is 0 Å². The topological polar surface area (TPSA) is 26.0 Å². The first-order chi connectivity index (χ1) is 6.36. The fourth-order valence-corrected chi connectivity index (χ4v) is 1.30. The smallest absolute Gasteiger partial charge is 0.326 e. The van der Waals surface area contributed by atoms with E-state index in [0.717, 1.165) is 6.07 Å². The van der Waals surface area contributed by atoms with Crippen molar-refractivity contribution in [1.82, 2.24) is 0 Å². The molecule has 1 aromatic carbocycles.